The van der Waals surface area contributed by atoms with E-state index >= 15 is 0 Å². The van der Waals surface area contributed by atoms with Crippen molar-refractivity contribution < 1.29 is 0 Å². The second-order valence-corrected chi connectivity index (χ2v) is 3.56. The minimum atomic E-state index is 0.145. The monoisotopic (exact) mass is 300 g/mol. The average Bonchev–Trinajstić information content (AvgIpc) is 3.25. The van der Waals surface area contributed by atoms with Crippen LogP contribution in [0.5, 0.6) is 0 Å². The molecule has 0 aliphatic heterocycles. The lowest BCUT2D eigenvalue weighted by molar-refractivity contribution is 0.696. The Labute approximate surface area is 122 Å². The molecule has 0 amide bonds. The van der Waals surface area contributed by atoms with Gasteiger partial charge in [-0.3, -0.25) is 0 Å². The molecule has 14 heteroatoms. The number of nitrogens with zero attached hydrogens (tertiary/aromatic N) is 14. The van der Waals surface area contributed by atoms with Crippen molar-refractivity contribution >= 4 is 5.95 Å². The molecule has 110 valence electrons. The van der Waals surface area contributed by atoms with Gasteiger partial charge in [-0.25, -0.2) is 0 Å². The lowest BCUT2D eigenvalue weighted by Crippen LogP contribution is -2.16. The maximum absolute atomic E-state index is 4.19. The molecule has 0 aliphatic rings. The third kappa shape index (κ3) is 2.47. The predicted molar refractivity (Wildman–Crippen MR) is 68.7 cm³/mol. The van der Waals surface area contributed by atoms with Crippen LogP contribution in [0, 0.1) is 0 Å². The van der Waals surface area contributed by atoms with Crippen LogP contribution < -0.4 is 5.01 Å². The maximum Gasteiger partial charge on any atom is 0.260 e. The van der Waals surface area contributed by atoms with Crippen LogP contribution in [0.1, 0.15) is 0 Å². The largest absolute Gasteiger partial charge is 0.260 e. The average molecular weight is 300 g/mol. The first-order valence-corrected chi connectivity index (χ1v) is 5.76. The molecule has 0 aromatic carbocycles. The smallest absolute Gasteiger partial charge is 0.188 e. The highest BCUT2D eigenvalue weighted by atomic mass is 15.6. The molecular weight excluding hydrogens is 292 g/mol. The van der Waals surface area contributed by atoms with E-state index in [-0.39, 0.29) is 17.8 Å². The first kappa shape index (κ1) is 13.3. The van der Waals surface area contributed by atoms with Crippen LogP contribution in [0.4, 0.5) is 5.95 Å². The van der Waals surface area contributed by atoms with Gasteiger partial charge >= 0.3 is 0 Å². The summed E-state index contributed by atoms with van der Waals surface area (Å²) in [5.74, 6) is 0.448. The van der Waals surface area contributed by atoms with E-state index < -0.39 is 0 Å². The van der Waals surface area contributed by atoms with E-state index in [1.807, 2.05) is 0 Å². The summed E-state index contributed by atoms with van der Waals surface area (Å²) in [5.41, 5.74) is 0. The van der Waals surface area contributed by atoms with Gasteiger partial charge in [-0.2, -0.15) is 34.4 Å². The molecule has 3 aromatic rings. The minimum Gasteiger partial charge on any atom is -0.188 e. The first-order valence-electron chi connectivity index (χ1n) is 5.76. The summed E-state index contributed by atoms with van der Waals surface area (Å²) in [6.45, 7) is 3.62. The molecule has 0 saturated carbocycles. The number of anilines is 1. The highest BCUT2D eigenvalue weighted by Crippen LogP contribution is 2.12. The number of hydrogen-bond acceptors (Lipinski definition) is 11. The molecule has 0 aliphatic carbocycles. The molecule has 14 nitrogen and oxygen atoms in total. The molecule has 0 atom stereocenters. The lowest BCUT2D eigenvalue weighted by Gasteiger charge is -2.11. The summed E-state index contributed by atoms with van der Waals surface area (Å²) >= 11 is 0. The third-order valence-electron chi connectivity index (χ3n) is 2.27. The van der Waals surface area contributed by atoms with Gasteiger partial charge in [0, 0.05) is 6.20 Å². The molecule has 0 unspecified atom stereocenters. The summed E-state index contributed by atoms with van der Waals surface area (Å²) in [6, 6.07) is 0. The Morgan fingerprint density at radius 3 is 2.05 bits per heavy atom. The molecule has 3 aromatic heterocycles. The summed E-state index contributed by atoms with van der Waals surface area (Å²) in [4.78, 5) is 12.6. The van der Waals surface area contributed by atoms with Crippen LogP contribution in [-0.2, 0) is 0 Å². The van der Waals surface area contributed by atoms with Crippen molar-refractivity contribution in [3.05, 3.63) is 25.4 Å². The zero-order valence-corrected chi connectivity index (χ0v) is 11.2. The van der Waals surface area contributed by atoms with Crippen LogP contribution in [0.15, 0.2) is 35.8 Å². The van der Waals surface area contributed by atoms with Crippen LogP contribution >= 0.6 is 0 Å². The van der Waals surface area contributed by atoms with E-state index in [2.05, 4.69) is 62.9 Å². The van der Waals surface area contributed by atoms with Gasteiger partial charge in [-0.05, 0) is 20.9 Å². The Balaban J connectivity index is 2.15. The van der Waals surface area contributed by atoms with Gasteiger partial charge in [-0.1, -0.05) is 11.8 Å². The van der Waals surface area contributed by atoms with Crippen molar-refractivity contribution in [2.75, 3.05) is 12.1 Å². The van der Waals surface area contributed by atoms with Crippen molar-refractivity contribution in [1.82, 2.24) is 55.4 Å². The Kier molecular flexibility index (Phi) is 3.46. The highest BCUT2D eigenvalue weighted by Gasteiger charge is 2.15. The lowest BCUT2D eigenvalue weighted by atomic mass is 10.7. The van der Waals surface area contributed by atoms with Gasteiger partial charge in [0.2, 0.25) is 0 Å². The SMILES string of the molecule is C=CN(N=NC)c1nc(-n2cnnn2)nc(-n2cnnn2)n1. The quantitative estimate of drug-likeness (QED) is 0.413. The predicted octanol–water partition coefficient (Wildman–Crippen LogP) is -1.23. The Hall–Kier alpha value is -3.71. The molecule has 0 radical (unpaired) electrons. The standard InChI is InChI=1S/C8H8N14/c1-3-20(17-9-2)6-12-7(21-4-10-15-18-21)14-8(13-6)22-5-11-16-19-22/h3-5H,1H2,2H3. The normalized spacial score (nSPS) is 11.0. The molecule has 0 fully saturated rings. The van der Waals surface area contributed by atoms with Crippen LogP contribution in [-0.4, -0.2) is 62.4 Å². The van der Waals surface area contributed by atoms with Crippen molar-refractivity contribution in [3.63, 3.8) is 0 Å². The summed E-state index contributed by atoms with van der Waals surface area (Å²) in [6.07, 6.45) is 4.05. The highest BCUT2D eigenvalue weighted by molar-refractivity contribution is 5.36. The fraction of sp³-hybridized carbons (Fsp3) is 0.125. The van der Waals surface area contributed by atoms with Crippen molar-refractivity contribution in [1.29, 1.82) is 0 Å². The Morgan fingerprint density at radius 2 is 1.64 bits per heavy atom. The van der Waals surface area contributed by atoms with Gasteiger partial charge in [0.05, 0.1) is 7.05 Å². The van der Waals surface area contributed by atoms with Gasteiger partial charge in [0.25, 0.3) is 17.8 Å². The van der Waals surface area contributed by atoms with E-state index in [1.165, 1.54) is 40.3 Å². The Bertz CT molecular complexity index is 721. The van der Waals surface area contributed by atoms with Crippen LogP contribution in [0.25, 0.3) is 11.9 Å². The van der Waals surface area contributed by atoms with E-state index in [4.69, 9.17) is 0 Å². The molecule has 3 rings (SSSR count). The van der Waals surface area contributed by atoms with E-state index in [1.54, 1.807) is 0 Å². The van der Waals surface area contributed by atoms with E-state index in [0.29, 0.717) is 0 Å². The zero-order chi connectivity index (χ0) is 15.4. The van der Waals surface area contributed by atoms with Gasteiger partial charge in [0.15, 0.2) is 0 Å². The van der Waals surface area contributed by atoms with Crippen molar-refractivity contribution in [2.45, 2.75) is 0 Å². The van der Waals surface area contributed by atoms with Gasteiger partial charge < -0.3 is 0 Å². The first-order chi connectivity index (χ1) is 10.8. The minimum absolute atomic E-state index is 0.145. The molecule has 0 spiro atoms. The van der Waals surface area contributed by atoms with E-state index in [9.17, 15) is 0 Å². The second kappa shape index (κ2) is 5.73. The molecule has 0 bridgehead atoms. The van der Waals surface area contributed by atoms with Crippen LogP contribution in [0.3, 0.4) is 0 Å². The maximum atomic E-state index is 4.19. The second-order valence-electron chi connectivity index (χ2n) is 3.56. The molecule has 0 saturated heterocycles. The van der Waals surface area contributed by atoms with E-state index in [0.717, 1.165) is 0 Å². The number of tetrazole rings is 2. The molecule has 3 heterocycles. The topological polar surface area (TPSA) is 154 Å². The fourth-order valence-corrected chi connectivity index (χ4v) is 1.41. The summed E-state index contributed by atoms with van der Waals surface area (Å²) in [7, 11) is 1.50. The van der Waals surface area contributed by atoms with Crippen LogP contribution in [0.2, 0.25) is 0 Å². The van der Waals surface area contributed by atoms with Gasteiger partial charge in [0.1, 0.15) is 12.7 Å². The number of rotatable bonds is 5. The summed E-state index contributed by atoms with van der Waals surface area (Å²) in [5, 5.41) is 30.3. The van der Waals surface area contributed by atoms with Crippen molar-refractivity contribution in [2.24, 2.45) is 10.3 Å². The third-order valence-corrected chi connectivity index (χ3v) is 2.27. The molecule has 0 N–H and O–H groups in total. The number of aromatic nitrogens is 11. The van der Waals surface area contributed by atoms with Gasteiger partial charge in [-0.15, -0.1) is 10.2 Å². The Morgan fingerprint density at radius 1 is 1.05 bits per heavy atom. The van der Waals surface area contributed by atoms with Crippen molar-refractivity contribution in [3.8, 4) is 11.9 Å². The summed E-state index contributed by atoms with van der Waals surface area (Å²) < 4.78 is 2.51. The fourth-order valence-electron chi connectivity index (χ4n) is 1.41. The number of hydrogen-bond donors (Lipinski definition) is 0. The zero-order valence-electron chi connectivity index (χ0n) is 11.2. The molecular formula is C8H8N14. The molecule has 22 heavy (non-hydrogen) atoms.